The molecule has 0 aromatic carbocycles. The van der Waals surface area contributed by atoms with Gasteiger partial charge in [-0.2, -0.15) is 0 Å². The van der Waals surface area contributed by atoms with Gasteiger partial charge in [-0.05, 0) is 0 Å². The highest BCUT2D eigenvalue weighted by atomic mass is 16.7. The minimum Gasteiger partial charge on any atom is -0.394 e. The van der Waals surface area contributed by atoms with E-state index >= 15 is 0 Å². The molecule has 0 spiro atoms. The van der Waals surface area contributed by atoms with E-state index < -0.39 is 41.7 Å². The molecule has 0 bridgehead atoms. The third kappa shape index (κ3) is 1.78. The van der Waals surface area contributed by atoms with Gasteiger partial charge < -0.3 is 24.8 Å². The maximum Gasteiger partial charge on any atom is 0.277 e. The van der Waals surface area contributed by atoms with Crippen LogP contribution in [0.4, 0.5) is 0 Å². The first-order chi connectivity index (χ1) is 7.39. The van der Waals surface area contributed by atoms with Crippen LogP contribution in [0.15, 0.2) is 0 Å². The second-order valence-electron chi connectivity index (χ2n) is 3.83. The normalized spacial score (nSPS) is 44.3. The topological polar surface area (TPSA) is 122 Å². The van der Waals surface area contributed by atoms with Crippen molar-refractivity contribution in [2.24, 2.45) is 0 Å². The van der Waals surface area contributed by atoms with Crippen molar-refractivity contribution >= 4 is 0 Å². The van der Waals surface area contributed by atoms with Crippen molar-refractivity contribution in [3.8, 4) is 0 Å². The predicted molar refractivity (Wildman–Crippen MR) is 50.2 cm³/mol. The van der Waals surface area contributed by atoms with Gasteiger partial charge in [0.15, 0.2) is 18.5 Å². The molecule has 0 amide bonds. The van der Waals surface area contributed by atoms with Gasteiger partial charge in [0.2, 0.25) is 0 Å². The van der Waals surface area contributed by atoms with Crippen molar-refractivity contribution in [2.75, 3.05) is 13.7 Å². The number of nitrogens with zero attached hydrogens (tertiary/aromatic N) is 1. The van der Waals surface area contributed by atoms with Gasteiger partial charge in [-0.1, -0.05) is 0 Å². The number of hydrogen-bond acceptors (Lipinski definition) is 7. The molecular weight excluding hydrogens is 222 g/mol. The summed E-state index contributed by atoms with van der Waals surface area (Å²) < 4.78 is 9.71. The summed E-state index contributed by atoms with van der Waals surface area (Å²) in [5.41, 5.74) is -2.04. The average molecular weight is 237 g/mol. The molecule has 94 valence electrons. The van der Waals surface area contributed by atoms with Crippen molar-refractivity contribution in [1.29, 1.82) is 0 Å². The highest BCUT2D eigenvalue weighted by Gasteiger charge is 2.62. The van der Waals surface area contributed by atoms with Gasteiger partial charge in [-0.3, -0.25) is 10.1 Å². The standard InChI is InChI=1S/C8H15NO7/c1-8(9(13)14)5(11)4(3-10)16-7(15-2)6(8)12/h4-7,10-12H,3H2,1-2H3/t4-,5-,6+,7-,8+/m0/s1. The van der Waals surface area contributed by atoms with Gasteiger partial charge in [0, 0.05) is 19.0 Å². The lowest BCUT2D eigenvalue weighted by molar-refractivity contribution is -0.609. The lowest BCUT2D eigenvalue weighted by atomic mass is 9.83. The van der Waals surface area contributed by atoms with Crippen molar-refractivity contribution in [2.45, 2.75) is 37.1 Å². The molecule has 8 nitrogen and oxygen atoms in total. The molecule has 0 aromatic heterocycles. The Morgan fingerprint density at radius 3 is 2.44 bits per heavy atom. The molecule has 1 fully saturated rings. The van der Waals surface area contributed by atoms with Gasteiger partial charge in [-0.25, -0.2) is 0 Å². The summed E-state index contributed by atoms with van der Waals surface area (Å²) >= 11 is 0. The van der Waals surface area contributed by atoms with Crippen molar-refractivity contribution in [3.05, 3.63) is 10.1 Å². The summed E-state index contributed by atoms with van der Waals surface area (Å²) in [4.78, 5) is 10.1. The Morgan fingerprint density at radius 1 is 1.50 bits per heavy atom. The Balaban J connectivity index is 3.06. The number of aliphatic hydroxyl groups excluding tert-OH is 3. The minimum atomic E-state index is -2.04. The van der Waals surface area contributed by atoms with E-state index in [0.717, 1.165) is 6.92 Å². The largest absolute Gasteiger partial charge is 0.394 e. The zero-order valence-electron chi connectivity index (χ0n) is 8.94. The lowest BCUT2D eigenvalue weighted by Gasteiger charge is -2.42. The number of methoxy groups -OCH3 is 1. The molecule has 5 atom stereocenters. The third-order valence-electron chi connectivity index (χ3n) is 2.92. The summed E-state index contributed by atoms with van der Waals surface area (Å²) in [6.07, 6.45) is -5.65. The number of hydrogen-bond donors (Lipinski definition) is 3. The Bertz CT molecular complexity index is 255. The predicted octanol–water partition coefficient (Wildman–Crippen LogP) is -1.89. The molecule has 1 aliphatic heterocycles. The van der Waals surface area contributed by atoms with Crippen LogP contribution in [0, 0.1) is 10.1 Å². The van der Waals surface area contributed by atoms with Crippen LogP contribution in [-0.2, 0) is 9.47 Å². The monoisotopic (exact) mass is 237 g/mol. The molecule has 0 unspecified atom stereocenters. The quantitative estimate of drug-likeness (QED) is 0.387. The van der Waals surface area contributed by atoms with Crippen LogP contribution in [0.5, 0.6) is 0 Å². The van der Waals surface area contributed by atoms with Crippen LogP contribution in [-0.4, -0.2) is 64.1 Å². The van der Waals surface area contributed by atoms with Gasteiger partial charge >= 0.3 is 0 Å². The summed E-state index contributed by atoms with van der Waals surface area (Å²) in [6.45, 7) is 0.483. The second kappa shape index (κ2) is 4.60. The first kappa shape index (κ1) is 13.3. The fourth-order valence-electron chi connectivity index (χ4n) is 1.69. The van der Waals surface area contributed by atoms with E-state index in [2.05, 4.69) is 0 Å². The van der Waals surface area contributed by atoms with Gasteiger partial charge in [0.25, 0.3) is 5.54 Å². The molecule has 16 heavy (non-hydrogen) atoms. The van der Waals surface area contributed by atoms with Gasteiger partial charge in [-0.15, -0.1) is 0 Å². The van der Waals surface area contributed by atoms with E-state index in [1.54, 1.807) is 0 Å². The zero-order valence-corrected chi connectivity index (χ0v) is 8.94. The van der Waals surface area contributed by atoms with Crippen molar-refractivity contribution < 1.29 is 29.7 Å². The van der Waals surface area contributed by atoms with E-state index in [0.29, 0.717) is 0 Å². The average Bonchev–Trinajstić information content (AvgIpc) is 2.26. The molecule has 0 aliphatic carbocycles. The third-order valence-corrected chi connectivity index (χ3v) is 2.92. The number of aliphatic hydroxyl groups is 3. The van der Waals surface area contributed by atoms with E-state index in [-0.39, 0.29) is 0 Å². The molecule has 1 saturated heterocycles. The van der Waals surface area contributed by atoms with Crippen LogP contribution in [0.3, 0.4) is 0 Å². The lowest BCUT2D eigenvalue weighted by Crippen LogP contribution is -2.69. The molecule has 0 aromatic rings. The van der Waals surface area contributed by atoms with Crippen molar-refractivity contribution in [1.82, 2.24) is 0 Å². The van der Waals surface area contributed by atoms with Crippen LogP contribution >= 0.6 is 0 Å². The smallest absolute Gasteiger partial charge is 0.277 e. The Labute approximate surface area is 91.6 Å². The molecule has 0 saturated carbocycles. The van der Waals surface area contributed by atoms with E-state index in [9.17, 15) is 20.3 Å². The molecule has 1 aliphatic rings. The first-order valence-corrected chi connectivity index (χ1v) is 4.69. The van der Waals surface area contributed by atoms with Crippen LogP contribution < -0.4 is 0 Å². The molecular formula is C8H15NO7. The Morgan fingerprint density at radius 2 is 2.06 bits per heavy atom. The maximum atomic E-state index is 10.9. The van der Waals surface area contributed by atoms with Gasteiger partial charge in [0.1, 0.15) is 6.10 Å². The van der Waals surface area contributed by atoms with Crippen LogP contribution in [0.1, 0.15) is 6.92 Å². The second-order valence-corrected chi connectivity index (χ2v) is 3.83. The van der Waals surface area contributed by atoms with E-state index in [1.807, 2.05) is 0 Å². The summed E-state index contributed by atoms with van der Waals surface area (Å²) in [7, 11) is 1.21. The summed E-state index contributed by atoms with van der Waals surface area (Å²) in [6, 6.07) is 0. The molecule has 3 N–H and O–H groups in total. The summed E-state index contributed by atoms with van der Waals surface area (Å²) in [5.74, 6) is 0. The minimum absolute atomic E-state index is 0.600. The Kier molecular flexibility index (Phi) is 3.81. The SMILES string of the molecule is CO[C@H]1O[C@@H](CO)[C@H](O)[C@@](C)([N+](=O)[O-])[C@@H]1O. The van der Waals surface area contributed by atoms with Crippen LogP contribution in [0.2, 0.25) is 0 Å². The van der Waals surface area contributed by atoms with Gasteiger partial charge in [0.05, 0.1) is 6.61 Å². The number of nitro groups is 1. The number of ether oxygens (including phenoxy) is 2. The van der Waals surface area contributed by atoms with Crippen molar-refractivity contribution in [3.63, 3.8) is 0 Å². The maximum absolute atomic E-state index is 10.9. The number of rotatable bonds is 3. The highest BCUT2D eigenvalue weighted by molar-refractivity contribution is 4.99. The van der Waals surface area contributed by atoms with E-state index in [1.165, 1.54) is 7.11 Å². The highest BCUT2D eigenvalue weighted by Crippen LogP contribution is 2.32. The molecule has 0 radical (unpaired) electrons. The van der Waals surface area contributed by atoms with E-state index in [4.69, 9.17) is 14.6 Å². The Hall–Kier alpha value is -0.800. The first-order valence-electron chi connectivity index (χ1n) is 4.69. The zero-order chi connectivity index (χ0) is 12.5. The fraction of sp³-hybridized carbons (Fsp3) is 1.00. The summed E-state index contributed by atoms with van der Waals surface area (Å²) in [5, 5.41) is 39.3. The molecule has 1 rings (SSSR count). The molecule has 1 heterocycles. The van der Waals surface area contributed by atoms with Crippen LogP contribution in [0.25, 0.3) is 0 Å². The fourth-order valence-corrected chi connectivity index (χ4v) is 1.69. The molecule has 8 heteroatoms.